The molecule has 6 heteroatoms. The lowest BCUT2D eigenvalue weighted by Crippen LogP contribution is -2.11. The number of nitrogens with zero attached hydrogens (tertiary/aromatic N) is 2. The molecule has 0 saturated carbocycles. The molecule has 6 nitrogen and oxygen atoms in total. The van der Waals surface area contributed by atoms with Gasteiger partial charge in [0, 0.05) is 6.07 Å². The molecule has 0 unspecified atom stereocenters. The van der Waals surface area contributed by atoms with Crippen molar-refractivity contribution in [1.82, 2.24) is 9.78 Å². The first-order chi connectivity index (χ1) is 10.1. The van der Waals surface area contributed by atoms with Crippen LogP contribution in [-0.4, -0.2) is 34.7 Å². The van der Waals surface area contributed by atoms with Crippen LogP contribution >= 0.6 is 0 Å². The zero-order chi connectivity index (χ0) is 15.0. The van der Waals surface area contributed by atoms with E-state index in [0.717, 1.165) is 5.56 Å². The van der Waals surface area contributed by atoms with Crippen LogP contribution in [-0.2, 0) is 4.74 Å². The van der Waals surface area contributed by atoms with E-state index >= 15 is 0 Å². The standard InChI is InChI=1S/C15H14N2O4/c1-3-20-15(19)10-7-11-13(18)8-21-14-5-4-9(2)6-12(14)17(11)16-10/h4-7H,3,8H2,1-2H3. The third-order valence-electron chi connectivity index (χ3n) is 3.18. The van der Waals surface area contributed by atoms with Crippen LogP contribution in [0.3, 0.4) is 0 Å². The lowest BCUT2D eigenvalue weighted by atomic mass is 10.2. The summed E-state index contributed by atoms with van der Waals surface area (Å²) >= 11 is 0. The van der Waals surface area contributed by atoms with E-state index in [9.17, 15) is 9.59 Å². The van der Waals surface area contributed by atoms with Gasteiger partial charge in [-0.2, -0.15) is 5.10 Å². The number of benzene rings is 1. The van der Waals surface area contributed by atoms with Gasteiger partial charge in [0.25, 0.3) is 0 Å². The SMILES string of the molecule is CCOC(=O)c1cc2n(n1)-c1cc(C)ccc1OCC2=O. The molecule has 0 radical (unpaired) electrons. The van der Waals surface area contributed by atoms with E-state index in [1.54, 1.807) is 13.0 Å². The number of hydrogen-bond donors (Lipinski definition) is 0. The van der Waals surface area contributed by atoms with Crippen LogP contribution in [0.25, 0.3) is 5.69 Å². The van der Waals surface area contributed by atoms with Gasteiger partial charge in [-0.1, -0.05) is 6.07 Å². The zero-order valence-electron chi connectivity index (χ0n) is 11.8. The van der Waals surface area contributed by atoms with E-state index in [4.69, 9.17) is 9.47 Å². The third-order valence-corrected chi connectivity index (χ3v) is 3.18. The Labute approximate surface area is 121 Å². The monoisotopic (exact) mass is 286 g/mol. The summed E-state index contributed by atoms with van der Waals surface area (Å²) in [6, 6.07) is 6.99. The van der Waals surface area contributed by atoms with Gasteiger partial charge in [-0.25, -0.2) is 9.48 Å². The summed E-state index contributed by atoms with van der Waals surface area (Å²) in [7, 11) is 0. The first-order valence-electron chi connectivity index (χ1n) is 6.64. The Balaban J connectivity index is 2.16. The summed E-state index contributed by atoms with van der Waals surface area (Å²) in [5, 5.41) is 4.20. The smallest absolute Gasteiger partial charge is 0.358 e. The molecular weight excluding hydrogens is 272 g/mol. The molecule has 0 bridgehead atoms. The number of carbonyl (C=O) groups is 2. The predicted molar refractivity (Wildman–Crippen MR) is 74.1 cm³/mol. The molecule has 0 saturated heterocycles. The average molecular weight is 286 g/mol. The van der Waals surface area contributed by atoms with Crippen LogP contribution in [0.2, 0.25) is 0 Å². The van der Waals surface area contributed by atoms with Crippen molar-refractivity contribution in [2.24, 2.45) is 0 Å². The fourth-order valence-corrected chi connectivity index (χ4v) is 2.20. The molecule has 21 heavy (non-hydrogen) atoms. The molecule has 0 atom stereocenters. The van der Waals surface area contributed by atoms with E-state index in [2.05, 4.69) is 5.10 Å². The molecule has 2 aromatic rings. The number of aryl methyl sites for hydroxylation is 1. The maximum atomic E-state index is 12.1. The average Bonchev–Trinajstić information content (AvgIpc) is 2.86. The minimum atomic E-state index is -0.541. The van der Waals surface area contributed by atoms with Gasteiger partial charge in [-0.3, -0.25) is 4.79 Å². The number of fused-ring (bicyclic) bond motifs is 3. The van der Waals surface area contributed by atoms with Crippen LogP contribution in [0, 0.1) is 6.92 Å². The van der Waals surface area contributed by atoms with E-state index in [0.29, 0.717) is 17.1 Å². The largest absolute Gasteiger partial charge is 0.483 e. The summed E-state index contributed by atoms with van der Waals surface area (Å²) in [5.41, 5.74) is 2.09. The molecule has 0 amide bonds. The second-order valence-electron chi connectivity index (χ2n) is 4.73. The van der Waals surface area contributed by atoms with Gasteiger partial charge >= 0.3 is 5.97 Å². The van der Waals surface area contributed by atoms with Crippen molar-refractivity contribution in [2.75, 3.05) is 13.2 Å². The highest BCUT2D eigenvalue weighted by atomic mass is 16.5. The first kappa shape index (κ1) is 13.4. The fraction of sp³-hybridized carbons (Fsp3) is 0.267. The zero-order valence-corrected chi connectivity index (χ0v) is 11.8. The highest BCUT2D eigenvalue weighted by Crippen LogP contribution is 2.28. The van der Waals surface area contributed by atoms with Crippen molar-refractivity contribution < 1.29 is 19.1 Å². The highest BCUT2D eigenvalue weighted by molar-refractivity contribution is 5.99. The van der Waals surface area contributed by atoms with Crippen LogP contribution in [0.15, 0.2) is 24.3 Å². The predicted octanol–water partition coefficient (Wildman–Crippen LogP) is 1.93. The Morgan fingerprint density at radius 3 is 3.00 bits per heavy atom. The summed E-state index contributed by atoms with van der Waals surface area (Å²) in [6.45, 7) is 3.83. The highest BCUT2D eigenvalue weighted by Gasteiger charge is 2.25. The number of aromatic nitrogens is 2. The van der Waals surface area contributed by atoms with Gasteiger partial charge < -0.3 is 9.47 Å². The molecule has 0 spiro atoms. The number of rotatable bonds is 2. The van der Waals surface area contributed by atoms with E-state index < -0.39 is 5.97 Å². The van der Waals surface area contributed by atoms with Gasteiger partial charge in [-0.05, 0) is 31.5 Å². The quantitative estimate of drug-likeness (QED) is 0.789. The lowest BCUT2D eigenvalue weighted by molar-refractivity contribution is 0.0519. The Hall–Kier alpha value is -2.63. The summed E-state index contributed by atoms with van der Waals surface area (Å²) < 4.78 is 11.9. The van der Waals surface area contributed by atoms with Gasteiger partial charge in [-0.15, -0.1) is 0 Å². The third kappa shape index (κ3) is 2.29. The van der Waals surface area contributed by atoms with Crippen LogP contribution in [0.4, 0.5) is 0 Å². The van der Waals surface area contributed by atoms with Gasteiger partial charge in [0.1, 0.15) is 17.1 Å². The molecule has 1 aromatic carbocycles. The van der Waals surface area contributed by atoms with Crippen LogP contribution < -0.4 is 4.74 Å². The first-order valence-corrected chi connectivity index (χ1v) is 6.64. The number of ketones is 1. The van der Waals surface area contributed by atoms with Gasteiger partial charge in [0.2, 0.25) is 5.78 Å². The second kappa shape index (κ2) is 5.05. The van der Waals surface area contributed by atoms with Crippen molar-refractivity contribution in [3.8, 4) is 11.4 Å². The number of hydrogen-bond acceptors (Lipinski definition) is 5. The van der Waals surface area contributed by atoms with Gasteiger partial charge in [0.05, 0.1) is 6.61 Å². The Morgan fingerprint density at radius 1 is 1.43 bits per heavy atom. The minimum absolute atomic E-state index is 0.0793. The molecule has 1 aliphatic rings. The van der Waals surface area contributed by atoms with Crippen molar-refractivity contribution in [3.63, 3.8) is 0 Å². The van der Waals surface area contributed by atoms with E-state index in [-0.39, 0.29) is 24.7 Å². The van der Waals surface area contributed by atoms with Crippen LogP contribution in [0.5, 0.6) is 5.75 Å². The number of Topliss-reactive ketones (excluding diaryl/α,β-unsaturated/α-hetero) is 1. The lowest BCUT2D eigenvalue weighted by Gasteiger charge is -2.08. The minimum Gasteiger partial charge on any atom is -0.483 e. The molecule has 0 aliphatic carbocycles. The topological polar surface area (TPSA) is 70.4 Å². The number of carbonyl (C=O) groups excluding carboxylic acids is 2. The number of ether oxygens (including phenoxy) is 2. The van der Waals surface area contributed by atoms with Crippen molar-refractivity contribution in [2.45, 2.75) is 13.8 Å². The Bertz CT molecular complexity index is 733. The Kier molecular flexibility index (Phi) is 3.21. The maximum Gasteiger partial charge on any atom is 0.358 e. The molecule has 0 fully saturated rings. The van der Waals surface area contributed by atoms with E-state index in [1.165, 1.54) is 10.7 Å². The summed E-state index contributed by atoms with van der Waals surface area (Å²) in [6.07, 6.45) is 0. The van der Waals surface area contributed by atoms with Gasteiger partial charge in [0.15, 0.2) is 12.3 Å². The van der Waals surface area contributed by atoms with Crippen molar-refractivity contribution in [3.05, 3.63) is 41.2 Å². The molecule has 1 aliphatic heterocycles. The molecule has 0 N–H and O–H groups in total. The normalized spacial score (nSPS) is 13.0. The molecule has 1 aromatic heterocycles. The molecular formula is C15H14N2O4. The Morgan fingerprint density at radius 2 is 2.24 bits per heavy atom. The van der Waals surface area contributed by atoms with E-state index in [1.807, 2.05) is 19.1 Å². The van der Waals surface area contributed by atoms with Crippen molar-refractivity contribution >= 4 is 11.8 Å². The summed E-state index contributed by atoms with van der Waals surface area (Å²) in [5.74, 6) is -0.209. The maximum absolute atomic E-state index is 12.1. The second-order valence-corrected chi connectivity index (χ2v) is 4.73. The fourth-order valence-electron chi connectivity index (χ4n) is 2.20. The number of esters is 1. The molecule has 3 rings (SSSR count). The molecule has 2 heterocycles. The van der Waals surface area contributed by atoms with Crippen molar-refractivity contribution in [1.29, 1.82) is 0 Å². The van der Waals surface area contributed by atoms with Crippen LogP contribution in [0.1, 0.15) is 33.5 Å². The molecule has 108 valence electrons. The summed E-state index contributed by atoms with van der Waals surface area (Å²) in [4.78, 5) is 23.9.